The standard InChI is InChI=1S/C18H29BrN2/c1-13-6-7-14(2)21(12-13)17-9-8-15(10-16(17)19)11-20-18(3,4)5/h8-10,13-14,20H,6-7,11-12H2,1-5H3. The minimum atomic E-state index is 0.155. The van der Waals surface area contributed by atoms with Crippen LogP contribution >= 0.6 is 15.9 Å². The molecule has 2 atom stereocenters. The number of hydrogen-bond acceptors (Lipinski definition) is 2. The van der Waals surface area contributed by atoms with Gasteiger partial charge in [0, 0.05) is 29.1 Å². The molecule has 0 bridgehead atoms. The Morgan fingerprint density at radius 2 is 1.95 bits per heavy atom. The first kappa shape index (κ1) is 16.8. The number of anilines is 1. The van der Waals surface area contributed by atoms with E-state index in [1.54, 1.807) is 0 Å². The van der Waals surface area contributed by atoms with Crippen molar-refractivity contribution >= 4 is 21.6 Å². The Morgan fingerprint density at radius 1 is 1.24 bits per heavy atom. The minimum absolute atomic E-state index is 0.155. The Kier molecular flexibility index (Phi) is 5.37. The molecule has 0 aromatic heterocycles. The van der Waals surface area contributed by atoms with Crippen molar-refractivity contribution in [2.24, 2.45) is 5.92 Å². The molecule has 0 saturated carbocycles. The van der Waals surface area contributed by atoms with Crippen LogP contribution in [0.3, 0.4) is 0 Å². The lowest BCUT2D eigenvalue weighted by Gasteiger charge is -2.39. The third-order valence-corrected chi connectivity index (χ3v) is 4.90. The molecule has 1 heterocycles. The van der Waals surface area contributed by atoms with Crippen molar-refractivity contribution in [2.45, 2.75) is 65.6 Å². The Bertz CT molecular complexity index is 479. The summed E-state index contributed by atoms with van der Waals surface area (Å²) in [6.45, 7) is 13.4. The summed E-state index contributed by atoms with van der Waals surface area (Å²) in [4.78, 5) is 2.55. The van der Waals surface area contributed by atoms with Crippen LogP contribution in [-0.2, 0) is 6.54 Å². The highest BCUT2D eigenvalue weighted by molar-refractivity contribution is 9.10. The lowest BCUT2D eigenvalue weighted by atomic mass is 9.94. The van der Waals surface area contributed by atoms with Gasteiger partial charge < -0.3 is 10.2 Å². The molecule has 21 heavy (non-hydrogen) atoms. The van der Waals surface area contributed by atoms with Gasteiger partial charge in [0.15, 0.2) is 0 Å². The predicted molar refractivity (Wildman–Crippen MR) is 95.9 cm³/mol. The Labute approximate surface area is 138 Å². The van der Waals surface area contributed by atoms with Crippen molar-refractivity contribution in [3.8, 4) is 0 Å². The molecule has 1 aromatic rings. The SMILES string of the molecule is CC1CCC(C)N(c2ccc(CNC(C)(C)C)cc2Br)C1. The van der Waals surface area contributed by atoms with Crippen LogP contribution in [0.1, 0.15) is 53.0 Å². The van der Waals surface area contributed by atoms with Crippen LogP contribution in [0.5, 0.6) is 0 Å². The summed E-state index contributed by atoms with van der Waals surface area (Å²) in [6.07, 6.45) is 2.64. The molecule has 1 N–H and O–H groups in total. The van der Waals surface area contributed by atoms with E-state index in [4.69, 9.17) is 0 Å². The maximum absolute atomic E-state index is 3.78. The summed E-state index contributed by atoms with van der Waals surface area (Å²) in [6, 6.07) is 7.43. The monoisotopic (exact) mass is 352 g/mol. The Hall–Kier alpha value is -0.540. The number of piperidine rings is 1. The summed E-state index contributed by atoms with van der Waals surface area (Å²) in [5, 5.41) is 3.55. The van der Waals surface area contributed by atoms with Crippen LogP contribution in [-0.4, -0.2) is 18.1 Å². The summed E-state index contributed by atoms with van der Waals surface area (Å²) in [5.41, 5.74) is 2.83. The summed E-state index contributed by atoms with van der Waals surface area (Å²) in [5.74, 6) is 0.787. The van der Waals surface area contributed by atoms with Crippen molar-refractivity contribution < 1.29 is 0 Å². The van der Waals surface area contributed by atoms with E-state index in [0.717, 1.165) is 12.5 Å². The average Bonchev–Trinajstić information content (AvgIpc) is 2.39. The van der Waals surface area contributed by atoms with E-state index in [1.165, 1.54) is 35.1 Å². The fourth-order valence-corrected chi connectivity index (χ4v) is 3.54. The highest BCUT2D eigenvalue weighted by atomic mass is 79.9. The fraction of sp³-hybridized carbons (Fsp3) is 0.667. The van der Waals surface area contributed by atoms with Gasteiger partial charge in [0.25, 0.3) is 0 Å². The topological polar surface area (TPSA) is 15.3 Å². The molecule has 118 valence electrons. The van der Waals surface area contributed by atoms with Crippen LogP contribution in [0.15, 0.2) is 22.7 Å². The lowest BCUT2D eigenvalue weighted by Crippen LogP contribution is -2.41. The van der Waals surface area contributed by atoms with Crippen molar-refractivity contribution in [3.05, 3.63) is 28.2 Å². The quantitative estimate of drug-likeness (QED) is 0.826. The van der Waals surface area contributed by atoms with Gasteiger partial charge in [-0.25, -0.2) is 0 Å². The first-order valence-electron chi connectivity index (χ1n) is 8.06. The van der Waals surface area contributed by atoms with Crippen molar-refractivity contribution in [3.63, 3.8) is 0 Å². The number of rotatable bonds is 3. The largest absolute Gasteiger partial charge is 0.368 e. The number of nitrogens with zero attached hydrogens (tertiary/aromatic N) is 1. The third-order valence-electron chi connectivity index (χ3n) is 4.26. The molecule has 0 aliphatic carbocycles. The highest BCUT2D eigenvalue weighted by Crippen LogP contribution is 2.33. The van der Waals surface area contributed by atoms with Crippen LogP contribution < -0.4 is 10.2 Å². The number of halogens is 1. The summed E-state index contributed by atoms with van der Waals surface area (Å²) < 4.78 is 1.22. The smallest absolute Gasteiger partial charge is 0.0513 e. The molecular weight excluding hydrogens is 324 g/mol. The van der Waals surface area contributed by atoms with Gasteiger partial charge in [-0.15, -0.1) is 0 Å². The zero-order valence-electron chi connectivity index (χ0n) is 14.0. The van der Waals surface area contributed by atoms with Crippen LogP contribution in [0.25, 0.3) is 0 Å². The minimum Gasteiger partial charge on any atom is -0.368 e. The molecule has 2 nitrogen and oxygen atoms in total. The van der Waals surface area contributed by atoms with E-state index in [0.29, 0.717) is 6.04 Å². The zero-order chi connectivity index (χ0) is 15.6. The molecule has 2 rings (SSSR count). The van der Waals surface area contributed by atoms with E-state index in [9.17, 15) is 0 Å². The maximum Gasteiger partial charge on any atom is 0.0513 e. The maximum atomic E-state index is 3.78. The van der Waals surface area contributed by atoms with E-state index in [1.807, 2.05) is 0 Å². The van der Waals surface area contributed by atoms with Crippen molar-refractivity contribution in [2.75, 3.05) is 11.4 Å². The second kappa shape index (κ2) is 6.70. The van der Waals surface area contributed by atoms with Gasteiger partial charge in [-0.3, -0.25) is 0 Å². The summed E-state index contributed by atoms with van der Waals surface area (Å²) in [7, 11) is 0. The fourth-order valence-electron chi connectivity index (χ4n) is 2.88. The van der Waals surface area contributed by atoms with Crippen molar-refractivity contribution in [1.29, 1.82) is 0 Å². The molecule has 1 aliphatic heterocycles. The Balaban J connectivity index is 2.11. The van der Waals surface area contributed by atoms with E-state index in [2.05, 4.69) is 79.0 Å². The normalized spacial score (nSPS) is 23.4. The second-order valence-electron chi connectivity index (χ2n) is 7.57. The molecule has 1 fully saturated rings. The third kappa shape index (κ3) is 4.72. The molecule has 2 unspecified atom stereocenters. The summed E-state index contributed by atoms with van der Waals surface area (Å²) >= 11 is 3.78. The van der Waals surface area contributed by atoms with E-state index in [-0.39, 0.29) is 5.54 Å². The van der Waals surface area contributed by atoms with Gasteiger partial charge in [0.05, 0.1) is 5.69 Å². The van der Waals surface area contributed by atoms with Gasteiger partial charge in [-0.2, -0.15) is 0 Å². The van der Waals surface area contributed by atoms with Crippen LogP contribution in [0.4, 0.5) is 5.69 Å². The molecule has 0 radical (unpaired) electrons. The first-order valence-corrected chi connectivity index (χ1v) is 8.85. The predicted octanol–water partition coefficient (Wildman–Crippen LogP) is 4.96. The molecule has 0 amide bonds. The average molecular weight is 353 g/mol. The van der Waals surface area contributed by atoms with E-state index >= 15 is 0 Å². The van der Waals surface area contributed by atoms with Crippen molar-refractivity contribution in [1.82, 2.24) is 5.32 Å². The molecule has 0 spiro atoms. The van der Waals surface area contributed by atoms with Gasteiger partial charge >= 0.3 is 0 Å². The number of nitrogens with one attached hydrogen (secondary N) is 1. The van der Waals surface area contributed by atoms with Gasteiger partial charge in [0.2, 0.25) is 0 Å². The van der Waals surface area contributed by atoms with Gasteiger partial charge in [0.1, 0.15) is 0 Å². The molecule has 1 saturated heterocycles. The molecule has 1 aliphatic rings. The highest BCUT2D eigenvalue weighted by Gasteiger charge is 2.24. The molecule has 1 aromatic carbocycles. The number of hydrogen-bond donors (Lipinski definition) is 1. The molecule has 3 heteroatoms. The second-order valence-corrected chi connectivity index (χ2v) is 8.43. The van der Waals surface area contributed by atoms with Crippen LogP contribution in [0, 0.1) is 5.92 Å². The van der Waals surface area contributed by atoms with Gasteiger partial charge in [-0.05, 0) is 80.1 Å². The van der Waals surface area contributed by atoms with Crippen LogP contribution in [0.2, 0.25) is 0 Å². The lowest BCUT2D eigenvalue weighted by molar-refractivity contribution is 0.390. The Morgan fingerprint density at radius 3 is 2.57 bits per heavy atom. The zero-order valence-corrected chi connectivity index (χ0v) is 15.6. The molecular formula is C18H29BrN2. The number of benzene rings is 1. The van der Waals surface area contributed by atoms with E-state index < -0.39 is 0 Å². The van der Waals surface area contributed by atoms with Gasteiger partial charge in [-0.1, -0.05) is 13.0 Å². The first-order chi connectivity index (χ1) is 9.76.